The smallest absolute Gasteiger partial charge is 0.233 e. The van der Waals surface area contributed by atoms with E-state index in [9.17, 15) is 14.7 Å². The molecule has 2 saturated heterocycles. The van der Waals surface area contributed by atoms with E-state index in [1.54, 1.807) is 11.0 Å². The van der Waals surface area contributed by atoms with Crippen LogP contribution < -0.4 is 5.32 Å². The lowest BCUT2D eigenvalue weighted by Crippen LogP contribution is -2.49. The molecule has 242 valence electrons. The fraction of sp³-hybridized carbons (Fsp3) is 0.526. The van der Waals surface area contributed by atoms with E-state index in [2.05, 4.69) is 49.2 Å². The summed E-state index contributed by atoms with van der Waals surface area (Å²) in [7, 11) is 0. The summed E-state index contributed by atoms with van der Waals surface area (Å²) in [6, 6.07) is 15.7. The molecule has 2 heterocycles. The fourth-order valence-corrected chi connectivity index (χ4v) is 7.41. The minimum Gasteiger partial charge on any atom is -0.389 e. The van der Waals surface area contributed by atoms with Crippen LogP contribution in [0.3, 0.4) is 0 Å². The van der Waals surface area contributed by atoms with Crippen molar-refractivity contribution >= 4 is 17.5 Å². The standard InChI is InChI=1S/C38H50FN3O3/c1-25-11-7-15-31(39)33(25)36(44)42-22-9-14-30(35(43)40-29-13-8-12-28(23-29)37(2,3)4)34(42)27-19-17-26(18-20-27)24-41-21-10-16-32(41)38(5,6)45/h7-8,11-13,15,17-20,23,25,30,32-34,45H,9-10,14,16,21-22,24H2,1-6H3,(H,40,43)/t25?,30-,32?,33?,34-/m0/s1. The first-order valence-electron chi connectivity index (χ1n) is 16.5. The van der Waals surface area contributed by atoms with E-state index in [1.807, 2.05) is 57.2 Å². The quantitative estimate of drug-likeness (QED) is 0.343. The van der Waals surface area contributed by atoms with Crippen LogP contribution in [0.4, 0.5) is 10.1 Å². The molecular weight excluding hydrogens is 565 g/mol. The molecular formula is C38H50FN3O3. The maximum Gasteiger partial charge on any atom is 0.233 e. The second-order valence-corrected chi connectivity index (χ2v) is 14.8. The van der Waals surface area contributed by atoms with Crippen molar-refractivity contribution in [2.75, 3.05) is 18.4 Å². The molecule has 5 rings (SSSR count). The van der Waals surface area contributed by atoms with Gasteiger partial charge in [-0.3, -0.25) is 14.5 Å². The largest absolute Gasteiger partial charge is 0.389 e. The highest BCUT2D eigenvalue weighted by atomic mass is 19.1. The molecule has 0 saturated carbocycles. The van der Waals surface area contributed by atoms with Gasteiger partial charge in [0.15, 0.2) is 0 Å². The first-order chi connectivity index (χ1) is 21.2. The third-order valence-corrected chi connectivity index (χ3v) is 9.89. The summed E-state index contributed by atoms with van der Waals surface area (Å²) in [6.07, 6.45) is 8.22. The molecule has 0 aromatic heterocycles. The van der Waals surface area contributed by atoms with E-state index in [0.29, 0.717) is 19.4 Å². The molecule has 0 radical (unpaired) electrons. The Bertz CT molecular complexity index is 1440. The van der Waals surface area contributed by atoms with Crippen LogP contribution in [0.5, 0.6) is 0 Å². The molecule has 45 heavy (non-hydrogen) atoms. The number of carbonyl (C=O) groups is 2. The molecule has 2 aromatic rings. The number of aliphatic hydroxyl groups is 1. The molecule has 0 spiro atoms. The molecule has 7 heteroatoms. The second-order valence-electron chi connectivity index (χ2n) is 14.8. The molecule has 6 nitrogen and oxygen atoms in total. The first kappa shape index (κ1) is 33.1. The van der Waals surface area contributed by atoms with E-state index >= 15 is 4.39 Å². The van der Waals surface area contributed by atoms with Crippen LogP contribution in [-0.4, -0.2) is 51.5 Å². The maximum absolute atomic E-state index is 15.1. The van der Waals surface area contributed by atoms with E-state index in [-0.39, 0.29) is 29.2 Å². The molecule has 3 aliphatic rings. The highest BCUT2D eigenvalue weighted by Crippen LogP contribution is 2.41. The number of hydrogen-bond acceptors (Lipinski definition) is 4. The molecule has 2 amide bonds. The maximum atomic E-state index is 15.1. The summed E-state index contributed by atoms with van der Waals surface area (Å²) in [6.45, 7) is 14.2. The SMILES string of the molecule is CC1C=CC=C(F)C1C(=O)N1CCC[C@H](C(=O)Nc2cccc(C(C)(C)C)c2)[C@@H]1c1ccc(CN2CCCC2C(C)(C)O)cc1. The zero-order chi connectivity index (χ0) is 32.5. The Kier molecular flexibility index (Phi) is 9.71. The number of likely N-dealkylation sites (tertiary alicyclic amines) is 2. The van der Waals surface area contributed by atoms with Crippen LogP contribution in [0, 0.1) is 17.8 Å². The number of nitrogens with zero attached hydrogens (tertiary/aromatic N) is 2. The summed E-state index contributed by atoms with van der Waals surface area (Å²) in [5.41, 5.74) is 3.00. The predicted octanol–water partition coefficient (Wildman–Crippen LogP) is 7.31. The normalized spacial score (nSPS) is 26.1. The Morgan fingerprint density at radius 2 is 1.71 bits per heavy atom. The molecule has 3 unspecified atom stereocenters. The Labute approximate surface area is 268 Å². The van der Waals surface area contributed by atoms with Crippen molar-refractivity contribution < 1.29 is 19.1 Å². The Morgan fingerprint density at radius 3 is 2.38 bits per heavy atom. The van der Waals surface area contributed by atoms with Gasteiger partial charge in [-0.2, -0.15) is 0 Å². The van der Waals surface area contributed by atoms with E-state index in [1.165, 1.54) is 6.08 Å². The van der Waals surface area contributed by atoms with Gasteiger partial charge in [0, 0.05) is 24.8 Å². The van der Waals surface area contributed by atoms with Crippen molar-refractivity contribution in [3.8, 4) is 0 Å². The second kappa shape index (κ2) is 13.2. The van der Waals surface area contributed by atoms with Crippen LogP contribution in [0.25, 0.3) is 0 Å². The molecule has 1 aliphatic carbocycles. The Balaban J connectivity index is 1.44. The van der Waals surface area contributed by atoms with Gasteiger partial charge in [0.1, 0.15) is 5.83 Å². The third-order valence-electron chi connectivity index (χ3n) is 9.89. The molecule has 5 atom stereocenters. The van der Waals surface area contributed by atoms with Crippen molar-refractivity contribution in [1.82, 2.24) is 9.80 Å². The lowest BCUT2D eigenvalue weighted by molar-refractivity contribution is -0.143. The van der Waals surface area contributed by atoms with Gasteiger partial charge in [-0.15, -0.1) is 0 Å². The van der Waals surface area contributed by atoms with Crippen LogP contribution in [0.1, 0.15) is 90.0 Å². The van der Waals surface area contributed by atoms with Gasteiger partial charge in [-0.25, -0.2) is 4.39 Å². The Hall–Kier alpha value is -3.29. The lowest BCUT2D eigenvalue weighted by Gasteiger charge is -2.43. The van der Waals surface area contributed by atoms with Crippen molar-refractivity contribution in [3.05, 3.63) is 89.3 Å². The van der Waals surface area contributed by atoms with Gasteiger partial charge >= 0.3 is 0 Å². The number of carbonyl (C=O) groups excluding carboxylic acids is 2. The highest BCUT2D eigenvalue weighted by Gasteiger charge is 2.43. The zero-order valence-corrected chi connectivity index (χ0v) is 27.7. The highest BCUT2D eigenvalue weighted by molar-refractivity contribution is 5.94. The van der Waals surface area contributed by atoms with Crippen molar-refractivity contribution in [3.63, 3.8) is 0 Å². The minimum absolute atomic E-state index is 0.0657. The molecule has 2 N–H and O–H groups in total. The average molecular weight is 616 g/mol. The summed E-state index contributed by atoms with van der Waals surface area (Å²) < 4.78 is 15.1. The van der Waals surface area contributed by atoms with Gasteiger partial charge in [0.05, 0.1) is 23.5 Å². The minimum atomic E-state index is -0.893. The van der Waals surface area contributed by atoms with Gasteiger partial charge in [-0.1, -0.05) is 76.2 Å². The topological polar surface area (TPSA) is 72.9 Å². The number of rotatable bonds is 7. The summed E-state index contributed by atoms with van der Waals surface area (Å²) in [5.74, 6) is -2.49. The number of piperidine rings is 1. The monoisotopic (exact) mass is 615 g/mol. The first-order valence-corrected chi connectivity index (χ1v) is 16.5. The molecule has 2 aromatic carbocycles. The van der Waals surface area contributed by atoms with Gasteiger partial charge < -0.3 is 15.3 Å². The number of anilines is 1. The molecule has 0 bridgehead atoms. The average Bonchev–Trinajstić information content (AvgIpc) is 3.46. The third kappa shape index (κ3) is 7.41. The summed E-state index contributed by atoms with van der Waals surface area (Å²) >= 11 is 0. The number of allylic oxidation sites excluding steroid dienone is 3. The molecule has 2 aliphatic heterocycles. The lowest BCUT2D eigenvalue weighted by atomic mass is 9.81. The van der Waals surface area contributed by atoms with E-state index < -0.39 is 29.3 Å². The van der Waals surface area contributed by atoms with Crippen LogP contribution in [0.15, 0.2) is 72.6 Å². The number of hydrogen-bond donors (Lipinski definition) is 2. The van der Waals surface area contributed by atoms with Gasteiger partial charge in [0.2, 0.25) is 11.8 Å². The van der Waals surface area contributed by atoms with E-state index in [4.69, 9.17) is 0 Å². The molecule has 2 fully saturated rings. The predicted molar refractivity (Wildman–Crippen MR) is 178 cm³/mol. The summed E-state index contributed by atoms with van der Waals surface area (Å²) in [4.78, 5) is 32.2. The fourth-order valence-electron chi connectivity index (χ4n) is 7.41. The van der Waals surface area contributed by atoms with Crippen molar-refractivity contribution in [2.45, 2.75) is 96.9 Å². The van der Waals surface area contributed by atoms with Gasteiger partial charge in [0.25, 0.3) is 0 Å². The Morgan fingerprint density at radius 1 is 1.00 bits per heavy atom. The van der Waals surface area contributed by atoms with Gasteiger partial charge in [-0.05, 0) is 92.3 Å². The van der Waals surface area contributed by atoms with E-state index in [0.717, 1.165) is 48.3 Å². The van der Waals surface area contributed by atoms with Crippen LogP contribution in [0.2, 0.25) is 0 Å². The number of nitrogens with one attached hydrogen (secondary N) is 1. The zero-order valence-electron chi connectivity index (χ0n) is 27.7. The van der Waals surface area contributed by atoms with Crippen LogP contribution in [-0.2, 0) is 21.5 Å². The van der Waals surface area contributed by atoms with Crippen molar-refractivity contribution in [2.24, 2.45) is 17.8 Å². The summed E-state index contributed by atoms with van der Waals surface area (Å²) in [5, 5.41) is 13.9. The number of halogens is 1. The van der Waals surface area contributed by atoms with Crippen LogP contribution >= 0.6 is 0 Å². The number of amides is 2. The number of benzene rings is 2. The van der Waals surface area contributed by atoms with Crippen molar-refractivity contribution in [1.29, 1.82) is 0 Å².